The van der Waals surface area contributed by atoms with Crippen molar-refractivity contribution in [3.05, 3.63) is 0 Å². The maximum atomic E-state index is 5.57. The van der Waals surface area contributed by atoms with Gasteiger partial charge in [-0.2, -0.15) is 5.10 Å². The van der Waals surface area contributed by atoms with Crippen LogP contribution in [-0.2, 0) is 0 Å². The van der Waals surface area contributed by atoms with E-state index in [0.717, 1.165) is 0 Å². The zero-order chi connectivity index (χ0) is 8.15. The first-order valence-corrected chi connectivity index (χ1v) is 4.06. The third-order valence-electron chi connectivity index (χ3n) is 0.942. The maximum Gasteiger partial charge on any atom is 0.0664 e. The smallest absolute Gasteiger partial charge is 0.0664 e. The molecule has 0 amide bonds. The summed E-state index contributed by atoms with van der Waals surface area (Å²) < 4.78 is 0. The van der Waals surface area contributed by atoms with E-state index >= 15 is 0 Å². The molecular weight excluding hydrogens is 194 g/mol. The highest BCUT2D eigenvalue weighted by Crippen LogP contribution is 1.99. The van der Waals surface area contributed by atoms with Gasteiger partial charge in [0.25, 0.3) is 0 Å². The van der Waals surface area contributed by atoms with E-state index in [-0.39, 0.29) is 10.9 Å². The van der Waals surface area contributed by atoms with Crippen molar-refractivity contribution in [1.29, 1.82) is 0 Å². The van der Waals surface area contributed by atoms with Crippen molar-refractivity contribution < 1.29 is 0 Å². The van der Waals surface area contributed by atoms with Gasteiger partial charge in [-0.25, -0.2) is 0 Å². The second kappa shape index (κ2) is 4.68. The van der Waals surface area contributed by atoms with Gasteiger partial charge in [0.1, 0.15) is 0 Å². The fourth-order valence-corrected chi connectivity index (χ4v) is 0.439. The summed E-state index contributed by atoms with van der Waals surface area (Å²) in [5.41, 5.74) is 5.57. The van der Waals surface area contributed by atoms with Crippen LogP contribution in [0, 0.1) is 0 Å². The molecular formula is C6H14BrN3. The van der Waals surface area contributed by atoms with Crippen molar-refractivity contribution in [2.24, 2.45) is 10.8 Å². The van der Waals surface area contributed by atoms with Crippen LogP contribution in [-0.4, -0.2) is 36.2 Å². The molecule has 0 aromatic heterocycles. The number of hydrogen-bond acceptors (Lipinski definition) is 3. The zero-order valence-electron chi connectivity index (χ0n) is 6.58. The summed E-state index contributed by atoms with van der Waals surface area (Å²) in [5.74, 6) is 0. The maximum absolute atomic E-state index is 5.57. The van der Waals surface area contributed by atoms with E-state index in [2.05, 4.69) is 21.0 Å². The van der Waals surface area contributed by atoms with E-state index in [0.29, 0.717) is 0 Å². The average Bonchev–Trinajstić information content (AvgIpc) is 1.82. The van der Waals surface area contributed by atoms with Crippen LogP contribution in [0.1, 0.15) is 6.92 Å². The zero-order valence-corrected chi connectivity index (χ0v) is 8.17. The van der Waals surface area contributed by atoms with Crippen molar-refractivity contribution >= 4 is 22.1 Å². The lowest BCUT2D eigenvalue weighted by Gasteiger charge is -2.09. The normalized spacial score (nSPS) is 17.3. The molecule has 2 N–H and O–H groups in total. The number of nitrogens with two attached hydrogens (primary N) is 1. The Morgan fingerprint density at radius 2 is 2.10 bits per heavy atom. The monoisotopic (exact) mass is 207 g/mol. The van der Waals surface area contributed by atoms with Gasteiger partial charge in [0.05, 0.1) is 4.83 Å². The van der Waals surface area contributed by atoms with Crippen LogP contribution in [0.2, 0.25) is 0 Å². The highest BCUT2D eigenvalue weighted by Gasteiger charge is 2.04. The number of alkyl halides is 1. The van der Waals surface area contributed by atoms with E-state index in [1.165, 1.54) is 0 Å². The summed E-state index contributed by atoms with van der Waals surface area (Å²) >= 11 is 3.37. The summed E-state index contributed by atoms with van der Waals surface area (Å²) in [6.07, 6.45) is 1.78. The Labute approximate surface area is 70.4 Å². The lowest BCUT2D eigenvalue weighted by Crippen LogP contribution is -2.28. The molecule has 0 aliphatic rings. The van der Waals surface area contributed by atoms with E-state index in [1.54, 1.807) is 11.2 Å². The van der Waals surface area contributed by atoms with E-state index in [9.17, 15) is 0 Å². The van der Waals surface area contributed by atoms with Crippen molar-refractivity contribution in [2.45, 2.75) is 17.8 Å². The molecule has 3 nitrogen and oxygen atoms in total. The van der Waals surface area contributed by atoms with Crippen LogP contribution >= 0.6 is 15.9 Å². The van der Waals surface area contributed by atoms with Crippen LogP contribution in [0.15, 0.2) is 5.10 Å². The highest BCUT2D eigenvalue weighted by molar-refractivity contribution is 9.10. The van der Waals surface area contributed by atoms with Gasteiger partial charge in [-0.1, -0.05) is 15.9 Å². The molecule has 0 fully saturated rings. The van der Waals surface area contributed by atoms with Crippen molar-refractivity contribution in [1.82, 2.24) is 5.01 Å². The van der Waals surface area contributed by atoms with Crippen molar-refractivity contribution in [3.8, 4) is 0 Å². The van der Waals surface area contributed by atoms with E-state index in [1.807, 2.05) is 21.0 Å². The SMILES string of the molecule is C[C@@H](N)C(Br)/C=N\N(C)C. The van der Waals surface area contributed by atoms with Crippen LogP contribution in [0.25, 0.3) is 0 Å². The molecule has 0 radical (unpaired) electrons. The van der Waals surface area contributed by atoms with E-state index < -0.39 is 0 Å². The third-order valence-corrected chi connectivity index (χ3v) is 2.01. The van der Waals surface area contributed by atoms with Crippen LogP contribution in [0.3, 0.4) is 0 Å². The molecule has 0 aliphatic carbocycles. The molecule has 0 aromatic rings. The Morgan fingerprint density at radius 1 is 1.60 bits per heavy atom. The van der Waals surface area contributed by atoms with Gasteiger partial charge in [0.2, 0.25) is 0 Å². The second-order valence-electron chi connectivity index (χ2n) is 2.42. The Kier molecular flexibility index (Phi) is 4.64. The molecule has 0 bridgehead atoms. The molecule has 0 aliphatic heterocycles. The summed E-state index contributed by atoms with van der Waals surface area (Å²) in [7, 11) is 3.74. The lowest BCUT2D eigenvalue weighted by atomic mass is 10.3. The molecule has 0 spiro atoms. The molecule has 0 saturated carbocycles. The standard InChI is InChI=1S/C6H14BrN3/c1-5(8)6(7)4-9-10(2)3/h4-6H,8H2,1-3H3/b9-4-/t5-,6?/m1/s1. The van der Waals surface area contributed by atoms with Crippen molar-refractivity contribution in [3.63, 3.8) is 0 Å². The van der Waals surface area contributed by atoms with Crippen LogP contribution in [0.5, 0.6) is 0 Å². The largest absolute Gasteiger partial charge is 0.327 e. The first kappa shape index (κ1) is 9.91. The number of hydrazone groups is 1. The van der Waals surface area contributed by atoms with Crippen LogP contribution in [0.4, 0.5) is 0 Å². The van der Waals surface area contributed by atoms with Gasteiger partial charge in [0, 0.05) is 26.4 Å². The van der Waals surface area contributed by atoms with Gasteiger partial charge in [-0.05, 0) is 6.92 Å². The molecule has 10 heavy (non-hydrogen) atoms. The quantitative estimate of drug-likeness (QED) is 0.420. The van der Waals surface area contributed by atoms with Crippen molar-refractivity contribution in [2.75, 3.05) is 14.1 Å². The number of rotatable bonds is 3. The summed E-state index contributed by atoms with van der Waals surface area (Å²) in [6, 6.07) is 0.101. The molecule has 0 saturated heterocycles. The molecule has 60 valence electrons. The fourth-order valence-electron chi connectivity index (χ4n) is 0.333. The average molecular weight is 208 g/mol. The molecule has 0 aromatic carbocycles. The fraction of sp³-hybridized carbons (Fsp3) is 0.833. The third kappa shape index (κ3) is 4.76. The molecule has 0 heterocycles. The first-order chi connectivity index (χ1) is 4.54. The van der Waals surface area contributed by atoms with Gasteiger partial charge >= 0.3 is 0 Å². The van der Waals surface area contributed by atoms with Gasteiger partial charge < -0.3 is 10.7 Å². The number of hydrogen-bond donors (Lipinski definition) is 1. The summed E-state index contributed by atoms with van der Waals surface area (Å²) in [5, 5.41) is 5.76. The summed E-state index contributed by atoms with van der Waals surface area (Å²) in [4.78, 5) is 0.162. The predicted octanol–water partition coefficient (Wildman–Crippen LogP) is 0.645. The predicted molar refractivity (Wildman–Crippen MR) is 48.5 cm³/mol. The number of halogens is 1. The molecule has 4 heteroatoms. The van der Waals surface area contributed by atoms with Gasteiger partial charge in [0.15, 0.2) is 0 Å². The van der Waals surface area contributed by atoms with Gasteiger partial charge in [-0.3, -0.25) is 0 Å². The minimum absolute atomic E-state index is 0.101. The Hall–Kier alpha value is -0.0900. The Morgan fingerprint density at radius 3 is 2.40 bits per heavy atom. The Bertz CT molecular complexity index is 112. The lowest BCUT2D eigenvalue weighted by molar-refractivity contribution is 0.438. The minimum Gasteiger partial charge on any atom is -0.327 e. The second-order valence-corrected chi connectivity index (χ2v) is 3.47. The molecule has 0 rings (SSSR count). The molecule has 1 unspecified atom stereocenters. The number of nitrogens with zero attached hydrogens (tertiary/aromatic N) is 2. The first-order valence-electron chi connectivity index (χ1n) is 3.15. The van der Waals surface area contributed by atoms with Crippen LogP contribution < -0.4 is 5.73 Å². The minimum atomic E-state index is 0.101. The topological polar surface area (TPSA) is 41.6 Å². The summed E-state index contributed by atoms with van der Waals surface area (Å²) in [6.45, 7) is 1.93. The van der Waals surface area contributed by atoms with Gasteiger partial charge in [-0.15, -0.1) is 0 Å². The van der Waals surface area contributed by atoms with E-state index in [4.69, 9.17) is 5.73 Å². The highest BCUT2D eigenvalue weighted by atomic mass is 79.9. The Balaban J connectivity index is 3.66. The molecule has 2 atom stereocenters.